The molecule has 0 unspecified atom stereocenters. The summed E-state index contributed by atoms with van der Waals surface area (Å²) in [4.78, 5) is 4.58. The number of aromatic nitrogens is 1. The molecule has 0 bridgehead atoms. The minimum Gasteiger partial charge on any atom is -0.487 e. The van der Waals surface area contributed by atoms with E-state index < -0.39 is 0 Å². The van der Waals surface area contributed by atoms with Gasteiger partial charge in [0.05, 0.1) is 11.4 Å². The van der Waals surface area contributed by atoms with Crippen LogP contribution in [0.25, 0.3) is 0 Å². The molecule has 134 valence electrons. The topological polar surface area (TPSA) is 31.4 Å². The molecule has 0 saturated heterocycles. The van der Waals surface area contributed by atoms with Gasteiger partial charge in [-0.1, -0.05) is 30.3 Å². The number of halogens is 2. The second-order valence-electron chi connectivity index (χ2n) is 5.75. The molecule has 3 nitrogen and oxygen atoms in total. The van der Waals surface area contributed by atoms with Crippen LogP contribution in [0.2, 0.25) is 0 Å². The predicted molar refractivity (Wildman–Crippen MR) is 105 cm³/mol. The predicted octanol–water partition coefficient (Wildman–Crippen LogP) is 5.72. The van der Waals surface area contributed by atoms with Crippen LogP contribution in [0.4, 0.5) is 0 Å². The Bertz CT molecular complexity index is 753. The lowest BCUT2D eigenvalue weighted by Crippen LogP contribution is -2.03. The van der Waals surface area contributed by atoms with Crippen molar-refractivity contribution in [3.05, 3.63) is 89.2 Å². The lowest BCUT2D eigenvalue weighted by atomic mass is 10.2. The minimum absolute atomic E-state index is 0.401. The SMILES string of the molecule is ClCc1ccc(OCc2cccc(COc3ccc(CCl)cc3)n2)cc1. The van der Waals surface area contributed by atoms with Crippen molar-refractivity contribution in [2.75, 3.05) is 0 Å². The van der Waals surface area contributed by atoms with Crippen molar-refractivity contribution in [1.82, 2.24) is 4.98 Å². The van der Waals surface area contributed by atoms with Crippen molar-refractivity contribution in [1.29, 1.82) is 0 Å². The van der Waals surface area contributed by atoms with Crippen molar-refractivity contribution in [3.63, 3.8) is 0 Å². The number of ether oxygens (including phenoxy) is 2. The fraction of sp³-hybridized carbons (Fsp3) is 0.190. The maximum Gasteiger partial charge on any atom is 0.130 e. The number of rotatable bonds is 8. The summed E-state index contributed by atoms with van der Waals surface area (Å²) in [5.41, 5.74) is 3.83. The second kappa shape index (κ2) is 9.46. The number of nitrogens with zero attached hydrogens (tertiary/aromatic N) is 1. The van der Waals surface area contributed by atoms with Gasteiger partial charge in [-0.2, -0.15) is 0 Å². The Hall–Kier alpha value is -2.23. The Morgan fingerprint density at radius 1 is 0.615 bits per heavy atom. The zero-order valence-electron chi connectivity index (χ0n) is 14.2. The van der Waals surface area contributed by atoms with Crippen molar-refractivity contribution >= 4 is 23.2 Å². The van der Waals surface area contributed by atoms with Gasteiger partial charge in [-0.25, -0.2) is 0 Å². The molecule has 2 aromatic carbocycles. The third-order valence-electron chi connectivity index (χ3n) is 3.79. The van der Waals surface area contributed by atoms with Crippen LogP contribution in [0.3, 0.4) is 0 Å². The van der Waals surface area contributed by atoms with E-state index in [1.807, 2.05) is 66.7 Å². The quantitative estimate of drug-likeness (QED) is 0.463. The van der Waals surface area contributed by atoms with E-state index in [4.69, 9.17) is 32.7 Å². The first-order valence-electron chi connectivity index (χ1n) is 8.27. The van der Waals surface area contributed by atoms with Gasteiger partial charge in [0.25, 0.3) is 0 Å². The molecule has 1 aromatic heterocycles. The maximum atomic E-state index is 5.79. The van der Waals surface area contributed by atoms with Gasteiger partial charge in [0, 0.05) is 11.8 Å². The van der Waals surface area contributed by atoms with E-state index in [0.717, 1.165) is 34.0 Å². The molecule has 26 heavy (non-hydrogen) atoms. The van der Waals surface area contributed by atoms with Crippen LogP contribution in [-0.4, -0.2) is 4.98 Å². The Morgan fingerprint density at radius 3 is 1.42 bits per heavy atom. The van der Waals surface area contributed by atoms with Gasteiger partial charge >= 0.3 is 0 Å². The van der Waals surface area contributed by atoms with Gasteiger partial charge in [-0.05, 0) is 47.5 Å². The summed E-state index contributed by atoms with van der Waals surface area (Å²) >= 11 is 11.6. The molecule has 0 radical (unpaired) electrons. The van der Waals surface area contributed by atoms with E-state index in [1.165, 1.54) is 0 Å². The summed E-state index contributed by atoms with van der Waals surface area (Å²) in [6.45, 7) is 0.803. The lowest BCUT2D eigenvalue weighted by Gasteiger charge is -2.09. The van der Waals surface area contributed by atoms with Crippen LogP contribution in [-0.2, 0) is 25.0 Å². The highest BCUT2D eigenvalue weighted by Gasteiger charge is 2.02. The Morgan fingerprint density at radius 2 is 1.04 bits per heavy atom. The van der Waals surface area contributed by atoms with Crippen LogP contribution < -0.4 is 9.47 Å². The molecular formula is C21H19Cl2NO2. The van der Waals surface area contributed by atoms with Gasteiger partial charge < -0.3 is 9.47 Å². The molecule has 0 atom stereocenters. The number of alkyl halides is 2. The first-order chi connectivity index (χ1) is 12.8. The summed E-state index contributed by atoms with van der Waals surface area (Å²) in [6.07, 6.45) is 0. The molecule has 1 heterocycles. The van der Waals surface area contributed by atoms with Gasteiger partial charge in [0.2, 0.25) is 0 Å². The average molecular weight is 388 g/mol. The third kappa shape index (κ3) is 5.38. The maximum absolute atomic E-state index is 5.79. The van der Waals surface area contributed by atoms with E-state index in [0.29, 0.717) is 25.0 Å². The molecule has 0 amide bonds. The summed E-state index contributed by atoms with van der Waals surface area (Å²) in [5.74, 6) is 2.58. The molecule has 3 aromatic rings. The molecular weight excluding hydrogens is 369 g/mol. The first kappa shape index (κ1) is 18.6. The Kier molecular flexibility index (Phi) is 6.75. The molecule has 0 aliphatic heterocycles. The highest BCUT2D eigenvalue weighted by Crippen LogP contribution is 2.16. The monoisotopic (exact) mass is 387 g/mol. The van der Waals surface area contributed by atoms with E-state index >= 15 is 0 Å². The molecule has 5 heteroatoms. The van der Waals surface area contributed by atoms with Crippen molar-refractivity contribution in [2.45, 2.75) is 25.0 Å². The average Bonchev–Trinajstić information content (AvgIpc) is 2.72. The number of benzene rings is 2. The third-order valence-corrected chi connectivity index (χ3v) is 4.41. The van der Waals surface area contributed by atoms with E-state index in [9.17, 15) is 0 Å². The van der Waals surface area contributed by atoms with Crippen LogP contribution in [0, 0.1) is 0 Å². The van der Waals surface area contributed by atoms with E-state index in [2.05, 4.69) is 4.98 Å². The highest BCUT2D eigenvalue weighted by molar-refractivity contribution is 6.17. The molecule has 0 aliphatic rings. The zero-order valence-corrected chi connectivity index (χ0v) is 15.7. The van der Waals surface area contributed by atoms with Gasteiger partial charge in [0.15, 0.2) is 0 Å². The normalized spacial score (nSPS) is 10.5. The standard InChI is InChI=1S/C21H19Cl2NO2/c22-12-16-4-8-20(9-5-16)25-14-18-2-1-3-19(24-18)15-26-21-10-6-17(13-23)7-11-21/h1-11H,12-15H2. The molecule has 0 spiro atoms. The number of pyridine rings is 1. The Balaban J connectivity index is 1.55. The Labute approximate surface area is 163 Å². The zero-order chi connectivity index (χ0) is 18.2. The fourth-order valence-corrected chi connectivity index (χ4v) is 2.71. The smallest absolute Gasteiger partial charge is 0.130 e. The van der Waals surface area contributed by atoms with Gasteiger partial charge in [-0.15, -0.1) is 23.2 Å². The number of hydrogen-bond donors (Lipinski definition) is 0. The minimum atomic E-state index is 0.401. The van der Waals surface area contributed by atoms with Crippen molar-refractivity contribution < 1.29 is 9.47 Å². The summed E-state index contributed by atoms with van der Waals surface area (Å²) in [5, 5.41) is 0. The van der Waals surface area contributed by atoms with Crippen LogP contribution in [0.1, 0.15) is 22.5 Å². The first-order valence-corrected chi connectivity index (χ1v) is 9.34. The van der Waals surface area contributed by atoms with Gasteiger partial charge in [0.1, 0.15) is 24.7 Å². The van der Waals surface area contributed by atoms with Crippen molar-refractivity contribution in [2.24, 2.45) is 0 Å². The number of hydrogen-bond acceptors (Lipinski definition) is 3. The molecule has 0 fully saturated rings. The van der Waals surface area contributed by atoms with Gasteiger partial charge in [-0.3, -0.25) is 4.98 Å². The second-order valence-corrected chi connectivity index (χ2v) is 6.29. The lowest BCUT2D eigenvalue weighted by molar-refractivity contribution is 0.290. The summed E-state index contributed by atoms with van der Waals surface area (Å²) < 4.78 is 11.6. The summed E-state index contributed by atoms with van der Waals surface area (Å²) in [7, 11) is 0. The molecule has 0 aliphatic carbocycles. The molecule has 0 N–H and O–H groups in total. The van der Waals surface area contributed by atoms with Crippen LogP contribution in [0.5, 0.6) is 11.5 Å². The highest BCUT2D eigenvalue weighted by atomic mass is 35.5. The molecule has 3 rings (SSSR count). The van der Waals surface area contributed by atoms with E-state index in [1.54, 1.807) is 0 Å². The van der Waals surface area contributed by atoms with Crippen LogP contribution >= 0.6 is 23.2 Å². The van der Waals surface area contributed by atoms with Crippen molar-refractivity contribution in [3.8, 4) is 11.5 Å². The largest absolute Gasteiger partial charge is 0.487 e. The fourth-order valence-electron chi connectivity index (χ4n) is 2.35. The molecule has 0 saturated carbocycles. The summed E-state index contributed by atoms with van der Waals surface area (Å²) in [6, 6.07) is 21.3. The van der Waals surface area contributed by atoms with Crippen LogP contribution in [0.15, 0.2) is 66.7 Å². The van der Waals surface area contributed by atoms with E-state index in [-0.39, 0.29) is 0 Å².